The van der Waals surface area contributed by atoms with Crippen LogP contribution in [0.3, 0.4) is 0 Å². The molecule has 236 valence electrons. The average Bonchev–Trinajstić information content (AvgIpc) is 3.18. The van der Waals surface area contributed by atoms with Crippen LogP contribution in [-0.2, 0) is 0 Å². The van der Waals surface area contributed by atoms with Crippen molar-refractivity contribution in [1.29, 1.82) is 0 Å². The summed E-state index contributed by atoms with van der Waals surface area (Å²) in [5.41, 5.74) is 10.2. The number of benzene rings is 9. The molecule has 0 radical (unpaired) electrons. The smallest absolute Gasteiger partial charge is 0.00928 e. The first-order valence-corrected chi connectivity index (χ1v) is 17.8. The van der Waals surface area contributed by atoms with Crippen LogP contribution in [0.4, 0.5) is 0 Å². The molecule has 0 aromatic heterocycles. The summed E-state index contributed by atoms with van der Waals surface area (Å²) in [4.78, 5) is 0. The molecule has 0 heterocycles. The van der Waals surface area contributed by atoms with Gasteiger partial charge in [0.1, 0.15) is 0 Å². The first-order chi connectivity index (χ1) is 24.6. The average molecular weight is 637 g/mol. The van der Waals surface area contributed by atoms with Gasteiger partial charge in [-0.25, -0.2) is 0 Å². The van der Waals surface area contributed by atoms with Crippen molar-refractivity contribution in [3.8, 4) is 33.4 Å². The summed E-state index contributed by atoms with van der Waals surface area (Å²) in [6.45, 7) is 4.50. The van der Waals surface area contributed by atoms with Gasteiger partial charge >= 0.3 is 0 Å². The van der Waals surface area contributed by atoms with Gasteiger partial charge in [-0.05, 0) is 148 Å². The largest absolute Gasteiger partial charge is 0.0757 e. The van der Waals surface area contributed by atoms with E-state index in [0.717, 1.165) is 12.8 Å². The molecular weight excluding hydrogens is 601 g/mol. The van der Waals surface area contributed by atoms with Crippen molar-refractivity contribution < 1.29 is 0 Å². The number of fused-ring (bicyclic) bond motifs is 12. The summed E-state index contributed by atoms with van der Waals surface area (Å²) in [7, 11) is 0. The molecule has 0 saturated carbocycles. The second-order valence-corrected chi connectivity index (χ2v) is 14.0. The zero-order valence-corrected chi connectivity index (χ0v) is 28.4. The fourth-order valence-corrected chi connectivity index (χ4v) is 8.70. The quantitative estimate of drug-likeness (QED) is 0.169. The van der Waals surface area contributed by atoms with Crippen molar-refractivity contribution in [1.82, 2.24) is 0 Å². The van der Waals surface area contributed by atoms with E-state index in [4.69, 9.17) is 0 Å². The molecule has 0 heteroatoms. The Morgan fingerprint density at radius 2 is 0.640 bits per heavy atom. The summed E-state index contributed by atoms with van der Waals surface area (Å²) in [5.74, 6) is 0. The van der Waals surface area contributed by atoms with Gasteiger partial charge in [-0.2, -0.15) is 0 Å². The minimum absolute atomic E-state index is 1.10. The lowest BCUT2D eigenvalue weighted by molar-refractivity contribution is 1.13. The Morgan fingerprint density at radius 3 is 1.14 bits per heavy atom. The van der Waals surface area contributed by atoms with Crippen LogP contribution in [0.1, 0.15) is 24.0 Å². The van der Waals surface area contributed by atoms with Crippen LogP contribution in [0, 0.1) is 13.8 Å². The molecule has 0 N–H and O–H groups in total. The maximum Gasteiger partial charge on any atom is -0.00928 e. The van der Waals surface area contributed by atoms with E-state index in [9.17, 15) is 0 Å². The van der Waals surface area contributed by atoms with Crippen molar-refractivity contribution in [3.63, 3.8) is 0 Å². The SMILES string of the molecule is Cc1cc(-c2ccc3c(c2)c2c(c4ccccc43)=CCCC=2)ccc1-c1ccc(-c2ccc3c4ccccc4c4ccccc4c3c2)cc1C. The second kappa shape index (κ2) is 11.3. The predicted molar refractivity (Wildman–Crippen MR) is 217 cm³/mol. The van der Waals surface area contributed by atoms with Crippen LogP contribution in [0.5, 0.6) is 0 Å². The second-order valence-electron chi connectivity index (χ2n) is 14.0. The maximum atomic E-state index is 2.44. The molecule has 0 atom stereocenters. The summed E-state index contributed by atoms with van der Waals surface area (Å²) >= 11 is 0. The highest BCUT2D eigenvalue weighted by Gasteiger charge is 2.13. The van der Waals surface area contributed by atoms with Crippen LogP contribution in [-0.4, -0.2) is 0 Å². The van der Waals surface area contributed by atoms with E-state index in [1.54, 1.807) is 0 Å². The van der Waals surface area contributed by atoms with Gasteiger partial charge in [0.2, 0.25) is 0 Å². The Bertz CT molecular complexity index is 2960. The maximum absolute atomic E-state index is 2.44. The van der Waals surface area contributed by atoms with E-state index in [2.05, 4.69) is 172 Å². The predicted octanol–water partition coefficient (Wildman–Crippen LogP) is 12.4. The van der Waals surface area contributed by atoms with E-state index in [-0.39, 0.29) is 0 Å². The van der Waals surface area contributed by atoms with E-state index in [0.29, 0.717) is 0 Å². The van der Waals surface area contributed by atoms with Crippen molar-refractivity contribution >= 4 is 66.0 Å². The Labute approximate surface area is 292 Å². The third-order valence-electron chi connectivity index (χ3n) is 11.1. The topological polar surface area (TPSA) is 0 Å². The highest BCUT2D eigenvalue weighted by molar-refractivity contribution is 6.25. The Morgan fingerprint density at radius 1 is 0.300 bits per heavy atom. The lowest BCUT2D eigenvalue weighted by Crippen LogP contribution is -2.28. The normalized spacial score (nSPS) is 12.8. The molecule has 0 amide bonds. The Balaban J connectivity index is 1.03. The number of rotatable bonds is 3. The minimum Gasteiger partial charge on any atom is -0.0757 e. The molecule has 0 saturated heterocycles. The Hall–Kier alpha value is -5.98. The van der Waals surface area contributed by atoms with Crippen molar-refractivity contribution in [2.45, 2.75) is 26.7 Å². The fraction of sp³-hybridized carbons (Fsp3) is 0.0800. The molecule has 9 aromatic carbocycles. The van der Waals surface area contributed by atoms with Crippen LogP contribution in [0.25, 0.3) is 99.4 Å². The summed E-state index contributed by atoms with van der Waals surface area (Å²) in [6.07, 6.45) is 7.09. The highest BCUT2D eigenvalue weighted by Crippen LogP contribution is 2.39. The Kier molecular flexibility index (Phi) is 6.54. The molecule has 0 aliphatic heterocycles. The van der Waals surface area contributed by atoms with Crippen LogP contribution in [0.2, 0.25) is 0 Å². The van der Waals surface area contributed by atoms with Gasteiger partial charge in [0, 0.05) is 0 Å². The first kappa shape index (κ1) is 29.0. The lowest BCUT2D eigenvalue weighted by Gasteiger charge is -2.15. The summed E-state index contributed by atoms with van der Waals surface area (Å²) in [5, 5.41) is 16.1. The lowest BCUT2D eigenvalue weighted by atomic mass is 9.89. The molecular formula is C50H36. The van der Waals surface area contributed by atoms with Gasteiger partial charge in [0.15, 0.2) is 0 Å². The third kappa shape index (κ3) is 4.45. The van der Waals surface area contributed by atoms with Gasteiger partial charge in [-0.1, -0.05) is 146 Å². The standard InChI is InChI=1S/C50H36/c1-31-27-33(35-21-25-47-43-15-5-3-11-39(43)41-13-7-9-17-45(41)49(47)29-35)19-23-37(31)38-24-20-34(28-32(38)2)36-22-26-48-44-16-6-4-12-40(44)42-14-8-10-18-46(42)50(48)30-36/h3-7,9,11-30H,8,10H2,1-2H3. The van der Waals surface area contributed by atoms with Crippen molar-refractivity contribution in [2.75, 3.05) is 0 Å². The van der Waals surface area contributed by atoms with Crippen molar-refractivity contribution in [3.05, 3.63) is 167 Å². The molecule has 50 heavy (non-hydrogen) atoms. The van der Waals surface area contributed by atoms with E-state index < -0.39 is 0 Å². The zero-order valence-electron chi connectivity index (χ0n) is 28.4. The molecule has 10 rings (SSSR count). The van der Waals surface area contributed by atoms with Gasteiger partial charge < -0.3 is 0 Å². The summed E-state index contributed by atoms with van der Waals surface area (Å²) < 4.78 is 0. The molecule has 1 aliphatic rings. The molecule has 0 nitrogen and oxygen atoms in total. The van der Waals surface area contributed by atoms with Crippen LogP contribution < -0.4 is 10.4 Å². The van der Waals surface area contributed by atoms with Crippen LogP contribution in [0.15, 0.2) is 146 Å². The number of hydrogen-bond donors (Lipinski definition) is 0. The monoisotopic (exact) mass is 636 g/mol. The number of hydrogen-bond acceptors (Lipinski definition) is 0. The summed E-state index contributed by atoms with van der Waals surface area (Å²) in [6, 6.07) is 54.5. The molecule has 0 spiro atoms. The highest BCUT2D eigenvalue weighted by atomic mass is 14.2. The van der Waals surface area contributed by atoms with E-state index >= 15 is 0 Å². The molecule has 0 bridgehead atoms. The first-order valence-electron chi connectivity index (χ1n) is 17.8. The van der Waals surface area contributed by atoms with Gasteiger partial charge in [0.25, 0.3) is 0 Å². The minimum atomic E-state index is 1.10. The molecule has 9 aromatic rings. The van der Waals surface area contributed by atoms with Gasteiger partial charge in [-0.15, -0.1) is 0 Å². The van der Waals surface area contributed by atoms with Crippen LogP contribution >= 0.6 is 0 Å². The zero-order chi connectivity index (χ0) is 33.3. The van der Waals surface area contributed by atoms with E-state index in [1.807, 2.05) is 0 Å². The molecule has 0 unspecified atom stereocenters. The third-order valence-corrected chi connectivity index (χ3v) is 11.1. The molecule has 0 fully saturated rings. The van der Waals surface area contributed by atoms with Gasteiger partial charge in [0.05, 0.1) is 0 Å². The number of aryl methyl sites for hydroxylation is 2. The van der Waals surface area contributed by atoms with E-state index in [1.165, 1.54) is 109 Å². The van der Waals surface area contributed by atoms with Gasteiger partial charge in [-0.3, -0.25) is 0 Å². The fourth-order valence-electron chi connectivity index (χ4n) is 8.70. The molecule has 1 aliphatic carbocycles. The van der Waals surface area contributed by atoms with Crippen molar-refractivity contribution in [2.24, 2.45) is 0 Å².